The third kappa shape index (κ3) is 3.92. The van der Waals surface area contributed by atoms with Crippen LogP contribution in [0.2, 0.25) is 0 Å². The van der Waals surface area contributed by atoms with Crippen molar-refractivity contribution in [1.82, 2.24) is 10.6 Å². The predicted octanol–water partition coefficient (Wildman–Crippen LogP) is 2.88. The van der Waals surface area contributed by atoms with E-state index < -0.39 is 5.82 Å². The summed E-state index contributed by atoms with van der Waals surface area (Å²) < 4.78 is 13.4. The first-order chi connectivity index (χ1) is 10.5. The number of hydrogen-bond donors (Lipinski definition) is 2. The Balaban J connectivity index is 2.06. The molecule has 0 aliphatic rings. The van der Waals surface area contributed by atoms with Crippen LogP contribution in [0.1, 0.15) is 26.3 Å². The van der Waals surface area contributed by atoms with Crippen molar-refractivity contribution in [2.75, 3.05) is 7.05 Å². The van der Waals surface area contributed by atoms with Gasteiger partial charge < -0.3 is 10.6 Å². The summed E-state index contributed by atoms with van der Waals surface area (Å²) in [5.74, 6) is -0.923. The maximum atomic E-state index is 13.0. The van der Waals surface area contributed by atoms with Crippen molar-refractivity contribution < 1.29 is 14.0 Å². The molecule has 0 saturated heterocycles. The topological polar surface area (TPSA) is 58.2 Å². The molecule has 2 aromatic carbocycles. The highest BCUT2D eigenvalue weighted by atomic mass is 79.9. The van der Waals surface area contributed by atoms with E-state index in [1.807, 2.05) is 6.07 Å². The van der Waals surface area contributed by atoms with Gasteiger partial charge in [0.2, 0.25) is 0 Å². The third-order valence-corrected chi connectivity index (χ3v) is 3.70. The van der Waals surface area contributed by atoms with E-state index in [2.05, 4.69) is 26.6 Å². The molecule has 0 fully saturated rings. The molecule has 0 heterocycles. The Morgan fingerprint density at radius 2 is 1.91 bits per heavy atom. The molecule has 4 nitrogen and oxygen atoms in total. The van der Waals surface area contributed by atoms with E-state index in [9.17, 15) is 14.0 Å². The van der Waals surface area contributed by atoms with Crippen LogP contribution in [0.3, 0.4) is 0 Å². The lowest BCUT2D eigenvalue weighted by molar-refractivity contribution is 0.0948. The molecule has 0 unspecified atom stereocenters. The quantitative estimate of drug-likeness (QED) is 0.876. The van der Waals surface area contributed by atoms with Gasteiger partial charge in [0.1, 0.15) is 5.82 Å². The molecule has 2 amide bonds. The van der Waals surface area contributed by atoms with Crippen molar-refractivity contribution >= 4 is 27.7 Å². The Hall–Kier alpha value is -2.21. The minimum atomic E-state index is -0.415. The second-order valence-corrected chi connectivity index (χ2v) is 5.44. The Kier molecular flexibility index (Phi) is 5.27. The number of benzene rings is 2. The van der Waals surface area contributed by atoms with Gasteiger partial charge >= 0.3 is 0 Å². The summed E-state index contributed by atoms with van der Waals surface area (Å²) in [7, 11) is 1.56. The fourth-order valence-electron chi connectivity index (χ4n) is 1.92. The van der Waals surface area contributed by atoms with Crippen LogP contribution in [0.25, 0.3) is 0 Å². The first kappa shape index (κ1) is 16.2. The minimum Gasteiger partial charge on any atom is -0.355 e. The standard InChI is InChI=1S/C16H14BrFN2O2/c1-19-15(21)11-4-2-3-10(7-11)9-20-16(22)13-6-5-12(18)8-14(13)17/h2-8H,9H2,1H3,(H,19,21)(H,20,22). The number of carbonyl (C=O) groups excluding carboxylic acids is 2. The molecule has 2 aromatic rings. The highest BCUT2D eigenvalue weighted by Gasteiger charge is 2.11. The van der Waals surface area contributed by atoms with E-state index in [0.717, 1.165) is 5.56 Å². The highest BCUT2D eigenvalue weighted by molar-refractivity contribution is 9.10. The molecule has 0 aromatic heterocycles. The second kappa shape index (κ2) is 7.17. The number of carbonyl (C=O) groups is 2. The summed E-state index contributed by atoms with van der Waals surface area (Å²) in [5.41, 5.74) is 1.67. The molecular weight excluding hydrogens is 351 g/mol. The van der Waals surface area contributed by atoms with Gasteiger partial charge in [-0.15, -0.1) is 0 Å². The fraction of sp³-hybridized carbons (Fsp3) is 0.125. The average Bonchev–Trinajstić information content (AvgIpc) is 2.52. The van der Waals surface area contributed by atoms with E-state index in [-0.39, 0.29) is 18.4 Å². The molecule has 0 bridgehead atoms. The van der Waals surface area contributed by atoms with Crippen LogP contribution in [0.4, 0.5) is 4.39 Å². The summed E-state index contributed by atoms with van der Waals surface area (Å²) in [4.78, 5) is 23.6. The van der Waals surface area contributed by atoms with Gasteiger partial charge in [-0.2, -0.15) is 0 Å². The van der Waals surface area contributed by atoms with Crippen LogP contribution in [-0.4, -0.2) is 18.9 Å². The summed E-state index contributed by atoms with van der Waals surface area (Å²) in [6, 6.07) is 10.8. The van der Waals surface area contributed by atoms with E-state index in [4.69, 9.17) is 0 Å². The minimum absolute atomic E-state index is 0.186. The van der Waals surface area contributed by atoms with Crippen molar-refractivity contribution in [3.8, 4) is 0 Å². The maximum Gasteiger partial charge on any atom is 0.252 e. The normalized spacial score (nSPS) is 10.1. The lowest BCUT2D eigenvalue weighted by Gasteiger charge is -2.08. The fourth-order valence-corrected chi connectivity index (χ4v) is 2.45. The molecular formula is C16H14BrFN2O2. The molecule has 114 valence electrons. The molecule has 0 radical (unpaired) electrons. The van der Waals surface area contributed by atoms with E-state index in [0.29, 0.717) is 15.6 Å². The average molecular weight is 365 g/mol. The highest BCUT2D eigenvalue weighted by Crippen LogP contribution is 2.18. The molecule has 22 heavy (non-hydrogen) atoms. The number of amides is 2. The summed E-state index contributed by atoms with van der Waals surface area (Å²) in [6.07, 6.45) is 0. The zero-order chi connectivity index (χ0) is 16.1. The molecule has 0 atom stereocenters. The van der Waals surface area contributed by atoms with E-state index >= 15 is 0 Å². The second-order valence-electron chi connectivity index (χ2n) is 4.59. The summed E-state index contributed by atoms with van der Waals surface area (Å²) in [5, 5.41) is 5.28. The van der Waals surface area contributed by atoms with Gasteiger partial charge in [-0.05, 0) is 51.8 Å². The Morgan fingerprint density at radius 1 is 1.14 bits per heavy atom. The number of hydrogen-bond acceptors (Lipinski definition) is 2. The molecule has 0 saturated carbocycles. The molecule has 0 spiro atoms. The summed E-state index contributed by atoms with van der Waals surface area (Å²) >= 11 is 3.16. The number of rotatable bonds is 4. The smallest absolute Gasteiger partial charge is 0.252 e. The van der Waals surface area contributed by atoms with E-state index in [1.54, 1.807) is 25.2 Å². The Labute approximate surface area is 135 Å². The van der Waals surface area contributed by atoms with Crippen molar-refractivity contribution in [1.29, 1.82) is 0 Å². The first-order valence-corrected chi connectivity index (χ1v) is 7.35. The molecule has 0 aliphatic heterocycles. The molecule has 2 rings (SSSR count). The largest absolute Gasteiger partial charge is 0.355 e. The van der Waals surface area contributed by atoms with Crippen molar-refractivity contribution in [3.05, 3.63) is 69.4 Å². The van der Waals surface area contributed by atoms with Crippen molar-refractivity contribution in [2.24, 2.45) is 0 Å². The van der Waals surface area contributed by atoms with Gasteiger partial charge in [0.05, 0.1) is 5.56 Å². The van der Waals surface area contributed by atoms with E-state index in [1.165, 1.54) is 18.2 Å². The van der Waals surface area contributed by atoms with Gasteiger partial charge in [0, 0.05) is 23.6 Å². The Morgan fingerprint density at radius 3 is 2.59 bits per heavy atom. The van der Waals surface area contributed by atoms with Crippen molar-refractivity contribution in [3.63, 3.8) is 0 Å². The van der Waals surface area contributed by atoms with Crippen LogP contribution in [-0.2, 0) is 6.54 Å². The molecule has 0 aliphatic carbocycles. The SMILES string of the molecule is CNC(=O)c1cccc(CNC(=O)c2ccc(F)cc2Br)c1. The van der Waals surface area contributed by atoms with Crippen LogP contribution in [0.15, 0.2) is 46.9 Å². The van der Waals surface area contributed by atoms with Gasteiger partial charge in [-0.1, -0.05) is 12.1 Å². The van der Waals surface area contributed by atoms with Crippen LogP contribution >= 0.6 is 15.9 Å². The zero-order valence-electron chi connectivity index (χ0n) is 11.8. The number of nitrogens with one attached hydrogen (secondary N) is 2. The lowest BCUT2D eigenvalue weighted by atomic mass is 10.1. The zero-order valence-corrected chi connectivity index (χ0v) is 13.4. The maximum absolute atomic E-state index is 13.0. The van der Waals surface area contributed by atoms with Gasteiger partial charge in [-0.25, -0.2) is 4.39 Å². The predicted molar refractivity (Wildman–Crippen MR) is 85.1 cm³/mol. The van der Waals surface area contributed by atoms with Gasteiger partial charge in [0.25, 0.3) is 11.8 Å². The molecule has 2 N–H and O–H groups in total. The first-order valence-electron chi connectivity index (χ1n) is 6.55. The third-order valence-electron chi connectivity index (χ3n) is 3.05. The number of halogens is 2. The Bertz CT molecular complexity index is 719. The van der Waals surface area contributed by atoms with Gasteiger partial charge in [-0.3, -0.25) is 9.59 Å². The van der Waals surface area contributed by atoms with Crippen molar-refractivity contribution in [2.45, 2.75) is 6.54 Å². The monoisotopic (exact) mass is 364 g/mol. The van der Waals surface area contributed by atoms with Crippen LogP contribution < -0.4 is 10.6 Å². The summed E-state index contributed by atoms with van der Waals surface area (Å²) in [6.45, 7) is 0.271. The van der Waals surface area contributed by atoms with Crippen LogP contribution in [0.5, 0.6) is 0 Å². The lowest BCUT2D eigenvalue weighted by Crippen LogP contribution is -2.23. The van der Waals surface area contributed by atoms with Gasteiger partial charge in [0.15, 0.2) is 0 Å². The van der Waals surface area contributed by atoms with Crippen LogP contribution in [0, 0.1) is 5.82 Å². The molecule has 6 heteroatoms.